The fourth-order valence-corrected chi connectivity index (χ4v) is 4.92. The van der Waals surface area contributed by atoms with Gasteiger partial charge in [-0.15, -0.1) is 10.2 Å². The number of carbonyl (C=O) groups excluding carboxylic acids is 1. The average Bonchev–Trinajstić information content (AvgIpc) is 3.52. The van der Waals surface area contributed by atoms with E-state index in [0.717, 1.165) is 68.3 Å². The van der Waals surface area contributed by atoms with Crippen molar-refractivity contribution in [1.82, 2.24) is 29.6 Å². The molecule has 0 atom stereocenters. The Hall–Kier alpha value is -3.01. The van der Waals surface area contributed by atoms with E-state index in [0.29, 0.717) is 0 Å². The Morgan fingerprint density at radius 2 is 1.50 bits per heavy atom. The maximum absolute atomic E-state index is 13.0. The van der Waals surface area contributed by atoms with Crippen LogP contribution in [0.1, 0.15) is 12.8 Å². The molecule has 2 aliphatic rings. The number of carbonyl (C=O) groups is 1. The highest BCUT2D eigenvalue weighted by Gasteiger charge is 2.31. The van der Waals surface area contributed by atoms with Gasteiger partial charge in [0.2, 0.25) is 22.1 Å². The molecule has 0 unspecified atom stereocenters. The number of piperidine rings is 1. The fourth-order valence-electron chi connectivity index (χ4n) is 4.06. The lowest BCUT2D eigenvalue weighted by Crippen LogP contribution is -2.52. The van der Waals surface area contributed by atoms with Crippen molar-refractivity contribution in [3.8, 4) is 5.13 Å². The summed E-state index contributed by atoms with van der Waals surface area (Å²) in [6.45, 7) is 4.70. The van der Waals surface area contributed by atoms with E-state index in [2.05, 4.69) is 30.0 Å². The molecule has 1 amide bonds. The first kappa shape index (κ1) is 19.0. The number of piperazine rings is 1. The van der Waals surface area contributed by atoms with Crippen molar-refractivity contribution in [2.45, 2.75) is 12.8 Å². The standard InChI is InChI=1S/C20H24N8OS/c29-17(25-12-14-26(15-13-25)18-21-6-3-7-22-18)16-4-10-28(11-5-16)20-24-23-19(30-20)27-8-1-2-9-27/h1-3,6-9,16H,4-5,10-15H2. The summed E-state index contributed by atoms with van der Waals surface area (Å²) < 4.78 is 1.97. The first-order chi connectivity index (χ1) is 14.8. The Morgan fingerprint density at radius 1 is 0.833 bits per heavy atom. The van der Waals surface area contributed by atoms with Gasteiger partial charge < -0.3 is 14.7 Å². The SMILES string of the molecule is O=C(C1CCN(c2nnc(-n3cccc3)s2)CC1)N1CCN(c2ncccn2)CC1. The number of hydrogen-bond acceptors (Lipinski definition) is 8. The van der Waals surface area contributed by atoms with Crippen molar-refractivity contribution in [2.24, 2.45) is 5.92 Å². The fraction of sp³-hybridized carbons (Fsp3) is 0.450. The normalized spacial score (nSPS) is 18.1. The third kappa shape index (κ3) is 3.87. The van der Waals surface area contributed by atoms with Crippen LogP contribution in [0.4, 0.5) is 11.1 Å². The van der Waals surface area contributed by atoms with Gasteiger partial charge >= 0.3 is 0 Å². The lowest BCUT2D eigenvalue weighted by atomic mass is 9.95. The molecule has 0 N–H and O–H groups in total. The van der Waals surface area contributed by atoms with E-state index < -0.39 is 0 Å². The molecule has 156 valence electrons. The maximum Gasteiger partial charge on any atom is 0.225 e. The number of nitrogens with zero attached hydrogens (tertiary/aromatic N) is 8. The Kier molecular flexibility index (Phi) is 5.31. The van der Waals surface area contributed by atoms with Gasteiger partial charge in [0.25, 0.3) is 0 Å². The summed E-state index contributed by atoms with van der Waals surface area (Å²) >= 11 is 1.59. The molecule has 2 aliphatic heterocycles. The molecule has 5 rings (SSSR count). The molecular weight excluding hydrogens is 400 g/mol. The quantitative estimate of drug-likeness (QED) is 0.630. The summed E-state index contributed by atoms with van der Waals surface area (Å²) in [5.41, 5.74) is 0. The van der Waals surface area contributed by atoms with Crippen molar-refractivity contribution >= 4 is 28.3 Å². The Morgan fingerprint density at radius 3 is 2.20 bits per heavy atom. The second kappa shape index (κ2) is 8.39. The number of aromatic nitrogens is 5. The van der Waals surface area contributed by atoms with Crippen LogP contribution < -0.4 is 9.80 Å². The smallest absolute Gasteiger partial charge is 0.225 e. The van der Waals surface area contributed by atoms with Crippen LogP contribution in [0.3, 0.4) is 0 Å². The summed E-state index contributed by atoms with van der Waals surface area (Å²) in [5, 5.41) is 10.4. The van der Waals surface area contributed by atoms with Crippen LogP contribution in [0.15, 0.2) is 43.0 Å². The van der Waals surface area contributed by atoms with E-state index in [1.165, 1.54) is 0 Å². The van der Waals surface area contributed by atoms with Gasteiger partial charge in [-0.25, -0.2) is 9.97 Å². The highest BCUT2D eigenvalue weighted by atomic mass is 32.1. The number of hydrogen-bond donors (Lipinski definition) is 0. The van der Waals surface area contributed by atoms with E-state index in [1.54, 1.807) is 23.7 Å². The minimum Gasteiger partial charge on any atom is -0.347 e. The first-order valence-electron chi connectivity index (χ1n) is 10.3. The monoisotopic (exact) mass is 424 g/mol. The van der Waals surface area contributed by atoms with Crippen LogP contribution in [0.2, 0.25) is 0 Å². The highest BCUT2D eigenvalue weighted by molar-refractivity contribution is 7.17. The van der Waals surface area contributed by atoms with E-state index in [9.17, 15) is 4.79 Å². The predicted octanol–water partition coefficient (Wildman–Crippen LogP) is 1.68. The molecule has 3 aromatic heterocycles. The summed E-state index contributed by atoms with van der Waals surface area (Å²) in [4.78, 5) is 28.1. The van der Waals surface area contributed by atoms with Gasteiger partial charge in [0, 0.05) is 70.0 Å². The van der Waals surface area contributed by atoms with Crippen molar-refractivity contribution in [1.29, 1.82) is 0 Å². The summed E-state index contributed by atoms with van der Waals surface area (Å²) in [6, 6.07) is 5.77. The van der Waals surface area contributed by atoms with Crippen molar-refractivity contribution < 1.29 is 4.79 Å². The molecule has 0 bridgehead atoms. The van der Waals surface area contributed by atoms with Crippen molar-refractivity contribution in [2.75, 3.05) is 49.1 Å². The van der Waals surface area contributed by atoms with E-state index >= 15 is 0 Å². The molecule has 5 heterocycles. The number of anilines is 2. The van der Waals surface area contributed by atoms with Crippen molar-refractivity contribution in [3.05, 3.63) is 43.0 Å². The van der Waals surface area contributed by atoms with E-state index in [-0.39, 0.29) is 11.8 Å². The summed E-state index contributed by atoms with van der Waals surface area (Å²) in [6.07, 6.45) is 9.18. The van der Waals surface area contributed by atoms with Crippen LogP contribution in [-0.2, 0) is 4.79 Å². The zero-order chi connectivity index (χ0) is 20.3. The summed E-state index contributed by atoms with van der Waals surface area (Å²) in [5.74, 6) is 1.13. The first-order valence-corrected chi connectivity index (χ1v) is 11.1. The zero-order valence-electron chi connectivity index (χ0n) is 16.7. The Balaban J connectivity index is 1.13. The molecule has 2 fully saturated rings. The van der Waals surface area contributed by atoms with E-state index in [4.69, 9.17) is 0 Å². The average molecular weight is 425 g/mol. The van der Waals surface area contributed by atoms with Crippen LogP contribution in [0.25, 0.3) is 5.13 Å². The highest BCUT2D eigenvalue weighted by Crippen LogP contribution is 2.28. The minimum atomic E-state index is 0.0950. The third-order valence-corrected chi connectivity index (χ3v) is 6.77. The van der Waals surface area contributed by atoms with Crippen LogP contribution in [-0.4, -0.2) is 74.8 Å². The van der Waals surface area contributed by atoms with Crippen LogP contribution in [0, 0.1) is 5.92 Å². The maximum atomic E-state index is 13.0. The molecule has 9 nitrogen and oxygen atoms in total. The third-order valence-electron chi connectivity index (χ3n) is 5.77. The second-order valence-corrected chi connectivity index (χ2v) is 8.51. The molecule has 2 saturated heterocycles. The van der Waals surface area contributed by atoms with Crippen molar-refractivity contribution in [3.63, 3.8) is 0 Å². The molecule has 30 heavy (non-hydrogen) atoms. The van der Waals surface area contributed by atoms with Crippen LogP contribution in [0.5, 0.6) is 0 Å². The molecule has 0 aromatic carbocycles. The van der Waals surface area contributed by atoms with Crippen LogP contribution >= 0.6 is 11.3 Å². The van der Waals surface area contributed by atoms with Gasteiger partial charge in [0.15, 0.2) is 0 Å². The Bertz CT molecular complexity index is 960. The zero-order valence-corrected chi connectivity index (χ0v) is 17.5. The lowest BCUT2D eigenvalue weighted by Gasteiger charge is -2.38. The molecular formula is C20H24N8OS. The summed E-state index contributed by atoms with van der Waals surface area (Å²) in [7, 11) is 0. The largest absolute Gasteiger partial charge is 0.347 e. The molecule has 0 spiro atoms. The van der Waals surface area contributed by atoms with Gasteiger partial charge in [-0.05, 0) is 31.0 Å². The molecule has 0 aliphatic carbocycles. The molecule has 0 saturated carbocycles. The van der Waals surface area contributed by atoms with Gasteiger partial charge in [0.1, 0.15) is 0 Å². The minimum absolute atomic E-state index is 0.0950. The van der Waals surface area contributed by atoms with Gasteiger partial charge in [-0.2, -0.15) is 0 Å². The van der Waals surface area contributed by atoms with E-state index in [1.807, 2.05) is 40.1 Å². The predicted molar refractivity (Wildman–Crippen MR) is 115 cm³/mol. The second-order valence-electron chi connectivity index (χ2n) is 7.58. The van der Waals surface area contributed by atoms with Gasteiger partial charge in [-0.1, -0.05) is 11.3 Å². The number of rotatable bonds is 4. The van der Waals surface area contributed by atoms with Gasteiger partial charge in [0.05, 0.1) is 0 Å². The molecule has 10 heteroatoms. The van der Waals surface area contributed by atoms with Gasteiger partial charge in [-0.3, -0.25) is 9.36 Å². The number of amides is 1. The molecule has 0 radical (unpaired) electrons. The molecule has 3 aromatic rings. The lowest BCUT2D eigenvalue weighted by molar-refractivity contribution is -0.136. The topological polar surface area (TPSA) is 83.3 Å². The Labute approximate surface area is 179 Å².